The summed E-state index contributed by atoms with van der Waals surface area (Å²) in [4.78, 5) is 23.1. The second-order valence-electron chi connectivity index (χ2n) is 8.46. The fraction of sp³-hybridized carbons (Fsp3) is 0.0714. The van der Waals surface area contributed by atoms with Crippen molar-refractivity contribution in [2.24, 2.45) is 5.10 Å². The molecule has 198 valence electrons. The molecule has 0 spiro atoms. The molecule has 1 N–H and O–H groups in total. The van der Waals surface area contributed by atoms with Gasteiger partial charge in [0.15, 0.2) is 0 Å². The van der Waals surface area contributed by atoms with Gasteiger partial charge in [0.1, 0.15) is 0 Å². The Balaban J connectivity index is 1.54. The number of benzene rings is 4. The predicted molar refractivity (Wildman–Crippen MR) is 151 cm³/mol. The van der Waals surface area contributed by atoms with E-state index in [4.69, 9.17) is 11.6 Å². The Kier molecular flexibility index (Phi) is 8.38. The van der Waals surface area contributed by atoms with Gasteiger partial charge in [-0.05, 0) is 54.4 Å². The maximum atomic E-state index is 13.6. The highest BCUT2D eigenvalue weighted by Crippen LogP contribution is 2.32. The fourth-order valence-corrected chi connectivity index (χ4v) is 5.46. The van der Waals surface area contributed by atoms with Crippen molar-refractivity contribution in [1.82, 2.24) is 5.43 Å². The van der Waals surface area contributed by atoms with Crippen molar-refractivity contribution in [3.63, 3.8) is 0 Å². The van der Waals surface area contributed by atoms with E-state index in [0.717, 1.165) is 0 Å². The number of halogens is 1. The van der Waals surface area contributed by atoms with Gasteiger partial charge >= 0.3 is 0 Å². The number of nitro groups is 1. The molecule has 0 atom stereocenters. The van der Waals surface area contributed by atoms with E-state index in [-0.39, 0.29) is 17.1 Å². The highest BCUT2D eigenvalue weighted by Gasteiger charge is 2.27. The van der Waals surface area contributed by atoms with E-state index >= 15 is 0 Å². The first kappa shape index (κ1) is 27.5. The van der Waals surface area contributed by atoms with Crippen LogP contribution in [-0.4, -0.2) is 25.5 Å². The molecule has 39 heavy (non-hydrogen) atoms. The summed E-state index contributed by atoms with van der Waals surface area (Å²) < 4.78 is 28.6. The lowest BCUT2D eigenvalue weighted by molar-refractivity contribution is -0.384. The second-order valence-corrected chi connectivity index (χ2v) is 10.7. The normalized spacial score (nSPS) is 11.3. The van der Waals surface area contributed by atoms with Crippen LogP contribution in [0.1, 0.15) is 27.0 Å². The summed E-state index contributed by atoms with van der Waals surface area (Å²) >= 11 is 6.31. The summed E-state index contributed by atoms with van der Waals surface area (Å²) in [6, 6.07) is 25.5. The van der Waals surface area contributed by atoms with Crippen molar-refractivity contribution in [3.05, 3.63) is 134 Å². The van der Waals surface area contributed by atoms with E-state index < -0.39 is 20.9 Å². The molecule has 1 amide bonds. The van der Waals surface area contributed by atoms with Gasteiger partial charge in [0.25, 0.3) is 21.6 Å². The highest BCUT2D eigenvalue weighted by molar-refractivity contribution is 7.92. The van der Waals surface area contributed by atoms with E-state index in [2.05, 4.69) is 10.5 Å². The third-order valence-corrected chi connectivity index (χ3v) is 8.03. The van der Waals surface area contributed by atoms with Gasteiger partial charge in [-0.3, -0.25) is 19.2 Å². The number of sulfonamides is 1. The summed E-state index contributed by atoms with van der Waals surface area (Å²) in [7, 11) is -3.93. The van der Waals surface area contributed by atoms with Crippen molar-refractivity contribution in [2.45, 2.75) is 18.4 Å². The summed E-state index contributed by atoms with van der Waals surface area (Å²) in [5.74, 6) is -0.498. The molecule has 0 radical (unpaired) electrons. The van der Waals surface area contributed by atoms with Crippen molar-refractivity contribution in [2.75, 3.05) is 4.31 Å². The predicted octanol–water partition coefficient (Wildman–Crippen LogP) is 5.72. The third-order valence-electron chi connectivity index (χ3n) is 5.84. The first-order valence-corrected chi connectivity index (χ1v) is 13.5. The average molecular weight is 563 g/mol. The maximum Gasteiger partial charge on any atom is 0.271 e. The third kappa shape index (κ3) is 6.49. The van der Waals surface area contributed by atoms with Crippen LogP contribution in [0, 0.1) is 17.0 Å². The lowest BCUT2D eigenvalue weighted by Crippen LogP contribution is -2.31. The van der Waals surface area contributed by atoms with E-state index in [0.29, 0.717) is 33.0 Å². The SMILES string of the molecule is Cc1c(Cl)cccc1N(Cc1ccc(C(=O)N/N=C\c2cccc([N+](=O)[O-])c2)cc1)S(=O)(=O)c1ccccc1. The smallest absolute Gasteiger partial charge is 0.267 e. The second kappa shape index (κ2) is 11.9. The first-order chi connectivity index (χ1) is 18.7. The Hall–Kier alpha value is -4.54. The molecule has 4 aromatic carbocycles. The van der Waals surface area contributed by atoms with Crippen LogP contribution in [0.3, 0.4) is 0 Å². The molecule has 0 bridgehead atoms. The molecule has 0 unspecified atom stereocenters. The van der Waals surface area contributed by atoms with Crippen LogP contribution in [0.15, 0.2) is 107 Å². The molecule has 4 aromatic rings. The zero-order valence-corrected chi connectivity index (χ0v) is 22.3. The van der Waals surface area contributed by atoms with E-state index in [1.165, 1.54) is 40.9 Å². The Morgan fingerprint density at radius 2 is 1.69 bits per heavy atom. The zero-order valence-electron chi connectivity index (χ0n) is 20.7. The number of nitrogens with zero attached hydrogens (tertiary/aromatic N) is 3. The van der Waals surface area contributed by atoms with Gasteiger partial charge in [0, 0.05) is 28.3 Å². The van der Waals surface area contributed by atoms with E-state index in [9.17, 15) is 23.3 Å². The molecule has 0 aliphatic heterocycles. The number of carbonyl (C=O) groups excluding carboxylic acids is 1. The van der Waals surface area contributed by atoms with Gasteiger partial charge < -0.3 is 0 Å². The van der Waals surface area contributed by atoms with Crippen LogP contribution in [0.2, 0.25) is 5.02 Å². The van der Waals surface area contributed by atoms with Gasteiger partial charge in [-0.25, -0.2) is 13.8 Å². The van der Waals surface area contributed by atoms with Crippen molar-refractivity contribution in [3.8, 4) is 0 Å². The van der Waals surface area contributed by atoms with Gasteiger partial charge in [-0.1, -0.05) is 60.1 Å². The van der Waals surface area contributed by atoms with Crippen LogP contribution in [0.4, 0.5) is 11.4 Å². The number of carbonyl (C=O) groups is 1. The van der Waals surface area contributed by atoms with Gasteiger partial charge in [-0.2, -0.15) is 5.10 Å². The van der Waals surface area contributed by atoms with E-state index in [1.54, 1.807) is 73.7 Å². The minimum Gasteiger partial charge on any atom is -0.267 e. The van der Waals surface area contributed by atoms with Crippen molar-refractivity contribution >= 4 is 45.1 Å². The lowest BCUT2D eigenvalue weighted by atomic mass is 10.1. The Labute approximate surface area is 230 Å². The van der Waals surface area contributed by atoms with Crippen LogP contribution in [0.5, 0.6) is 0 Å². The number of anilines is 1. The molecule has 0 heterocycles. The van der Waals surface area contributed by atoms with Crippen molar-refractivity contribution in [1.29, 1.82) is 0 Å². The molecule has 0 aromatic heterocycles. The number of non-ortho nitro benzene ring substituents is 1. The minimum atomic E-state index is -3.93. The molecular weight excluding hydrogens is 540 g/mol. The maximum absolute atomic E-state index is 13.6. The van der Waals surface area contributed by atoms with E-state index in [1.807, 2.05) is 0 Å². The standard InChI is InChI=1S/C28H23ClN4O5S/c1-20-26(29)11-6-12-27(20)32(39(37,38)25-9-3-2-4-10-25)19-21-13-15-23(16-14-21)28(34)31-30-18-22-7-5-8-24(17-22)33(35)36/h2-18H,19H2,1H3,(H,31,34)/b30-18-. The molecule has 0 aliphatic carbocycles. The van der Waals surface area contributed by atoms with Gasteiger partial charge in [-0.15, -0.1) is 0 Å². The topological polar surface area (TPSA) is 122 Å². The van der Waals surface area contributed by atoms with Crippen LogP contribution in [-0.2, 0) is 16.6 Å². The fourth-order valence-electron chi connectivity index (χ4n) is 3.76. The summed E-state index contributed by atoms with van der Waals surface area (Å²) in [6.07, 6.45) is 1.30. The Morgan fingerprint density at radius 1 is 1.00 bits per heavy atom. The first-order valence-electron chi connectivity index (χ1n) is 11.7. The van der Waals surface area contributed by atoms with Gasteiger partial charge in [0.2, 0.25) is 0 Å². The van der Waals surface area contributed by atoms with Crippen molar-refractivity contribution < 1.29 is 18.1 Å². The highest BCUT2D eigenvalue weighted by atomic mass is 35.5. The zero-order chi connectivity index (χ0) is 28.0. The number of amides is 1. The number of nitrogens with one attached hydrogen (secondary N) is 1. The van der Waals surface area contributed by atoms with Crippen LogP contribution >= 0.6 is 11.6 Å². The average Bonchev–Trinajstić information content (AvgIpc) is 2.94. The van der Waals surface area contributed by atoms with Crippen LogP contribution < -0.4 is 9.73 Å². The molecular formula is C28H23ClN4O5S. The number of hydrazone groups is 1. The number of hydrogen-bond acceptors (Lipinski definition) is 6. The Bertz CT molecular complexity index is 1640. The largest absolute Gasteiger partial charge is 0.271 e. The summed E-state index contributed by atoms with van der Waals surface area (Å²) in [5.41, 5.74) is 4.76. The summed E-state index contributed by atoms with van der Waals surface area (Å²) in [5, 5.41) is 15.2. The molecule has 0 fully saturated rings. The quantitative estimate of drug-likeness (QED) is 0.159. The molecule has 0 aliphatic rings. The monoisotopic (exact) mass is 562 g/mol. The number of rotatable bonds is 9. The van der Waals surface area contributed by atoms with Crippen LogP contribution in [0.25, 0.3) is 0 Å². The molecule has 0 saturated heterocycles. The summed E-state index contributed by atoms with van der Waals surface area (Å²) in [6.45, 7) is 1.76. The lowest BCUT2D eigenvalue weighted by Gasteiger charge is -2.26. The molecule has 9 nitrogen and oxygen atoms in total. The molecule has 11 heteroatoms. The Morgan fingerprint density at radius 3 is 2.38 bits per heavy atom. The van der Waals surface area contributed by atoms with Gasteiger partial charge in [0.05, 0.1) is 28.3 Å². The molecule has 0 saturated carbocycles. The number of nitro benzene ring substituents is 1. The number of hydrogen-bond donors (Lipinski definition) is 1. The molecule has 4 rings (SSSR count). The minimum absolute atomic E-state index is 0.00521.